The Kier molecular flexibility index (Phi) is 3.80. The van der Waals surface area contributed by atoms with E-state index < -0.39 is 0 Å². The molecular weight excluding hydrogens is 235 g/mol. The molecule has 1 rings (SSSR count). The van der Waals surface area contributed by atoms with E-state index in [1.807, 2.05) is 11.9 Å². The predicted octanol–water partition coefficient (Wildman–Crippen LogP) is -2.40. The zero-order chi connectivity index (χ0) is 5.28. The van der Waals surface area contributed by atoms with Crippen molar-refractivity contribution >= 4 is 16.9 Å². The Morgan fingerprint density at radius 3 is 2.50 bits per heavy atom. The Morgan fingerprint density at radius 1 is 1.75 bits per heavy atom. The van der Waals surface area contributed by atoms with E-state index in [4.69, 9.17) is 5.41 Å². The minimum atomic E-state index is 0. The van der Waals surface area contributed by atoms with Gasteiger partial charge in [-0.1, -0.05) is 11.8 Å². The average molecular weight is 243 g/mol. The standard InChI is InChI=1S/C4H8N2S.HI/c1-6-2-3-7-4(6)5;/h5H,2-3H2,1H3;1H/p-1. The summed E-state index contributed by atoms with van der Waals surface area (Å²) >= 11 is 1.61. The lowest BCUT2D eigenvalue weighted by molar-refractivity contribution is -0.00000167. The van der Waals surface area contributed by atoms with E-state index in [2.05, 4.69) is 0 Å². The molecule has 0 amide bonds. The highest BCUT2D eigenvalue weighted by molar-refractivity contribution is 8.14. The van der Waals surface area contributed by atoms with Crippen LogP contribution < -0.4 is 24.0 Å². The lowest BCUT2D eigenvalue weighted by Gasteiger charge is -2.05. The molecular formula is C4H8IN2S-. The number of nitrogens with zero attached hydrogens (tertiary/aromatic N) is 1. The van der Waals surface area contributed by atoms with Crippen molar-refractivity contribution in [1.29, 1.82) is 5.41 Å². The maximum Gasteiger partial charge on any atom is 0.156 e. The topological polar surface area (TPSA) is 27.1 Å². The third kappa shape index (κ3) is 1.81. The molecule has 1 aliphatic heterocycles. The number of rotatable bonds is 0. The van der Waals surface area contributed by atoms with Gasteiger partial charge in [0.25, 0.3) is 0 Å². The van der Waals surface area contributed by atoms with Crippen LogP contribution in [0.2, 0.25) is 0 Å². The molecule has 8 heavy (non-hydrogen) atoms. The summed E-state index contributed by atoms with van der Waals surface area (Å²) in [5.41, 5.74) is 0. The van der Waals surface area contributed by atoms with Crippen LogP contribution in [-0.4, -0.2) is 29.4 Å². The van der Waals surface area contributed by atoms with Crippen molar-refractivity contribution in [3.8, 4) is 0 Å². The molecule has 0 spiro atoms. The first-order valence-corrected chi connectivity index (χ1v) is 3.22. The predicted molar refractivity (Wildman–Crippen MR) is 32.8 cm³/mol. The lowest BCUT2D eigenvalue weighted by Crippen LogP contribution is -3.00. The second kappa shape index (κ2) is 3.55. The first kappa shape index (κ1) is 8.55. The second-order valence-electron chi connectivity index (χ2n) is 1.58. The van der Waals surface area contributed by atoms with Crippen molar-refractivity contribution in [2.45, 2.75) is 0 Å². The lowest BCUT2D eigenvalue weighted by atomic mass is 10.7. The van der Waals surface area contributed by atoms with Gasteiger partial charge < -0.3 is 28.9 Å². The second-order valence-corrected chi connectivity index (χ2v) is 2.66. The number of hydrogen-bond donors (Lipinski definition) is 1. The molecule has 1 fully saturated rings. The van der Waals surface area contributed by atoms with Gasteiger partial charge in [0, 0.05) is 19.3 Å². The third-order valence-electron chi connectivity index (χ3n) is 1.01. The van der Waals surface area contributed by atoms with E-state index in [9.17, 15) is 0 Å². The molecule has 0 aromatic rings. The van der Waals surface area contributed by atoms with Gasteiger partial charge in [0.1, 0.15) is 0 Å². The van der Waals surface area contributed by atoms with Gasteiger partial charge in [0.05, 0.1) is 0 Å². The molecule has 0 aromatic heterocycles. The van der Waals surface area contributed by atoms with Crippen molar-refractivity contribution in [2.75, 3.05) is 19.3 Å². The monoisotopic (exact) mass is 243 g/mol. The molecule has 0 aliphatic carbocycles. The average Bonchev–Trinajstić information content (AvgIpc) is 1.91. The summed E-state index contributed by atoms with van der Waals surface area (Å²) in [5, 5.41) is 7.85. The molecule has 1 heterocycles. The molecule has 0 atom stereocenters. The van der Waals surface area contributed by atoms with Gasteiger partial charge in [-0.25, -0.2) is 0 Å². The summed E-state index contributed by atoms with van der Waals surface area (Å²) in [5.74, 6) is 1.09. The van der Waals surface area contributed by atoms with Crippen LogP contribution in [0.15, 0.2) is 0 Å². The molecule has 1 aliphatic rings. The number of halogens is 1. The summed E-state index contributed by atoms with van der Waals surface area (Å²) in [6.45, 7) is 1.05. The van der Waals surface area contributed by atoms with Gasteiger partial charge in [-0.2, -0.15) is 0 Å². The fourth-order valence-corrected chi connectivity index (χ4v) is 1.36. The minimum absolute atomic E-state index is 0. The van der Waals surface area contributed by atoms with Crippen LogP contribution >= 0.6 is 11.8 Å². The normalized spacial score (nSPS) is 18.6. The maximum atomic E-state index is 7.14. The first-order chi connectivity index (χ1) is 3.30. The Bertz CT molecular complexity index is 96.0. The van der Waals surface area contributed by atoms with Crippen LogP contribution in [-0.2, 0) is 0 Å². The van der Waals surface area contributed by atoms with Crippen LogP contribution in [0.4, 0.5) is 0 Å². The Balaban J connectivity index is 0.000000490. The van der Waals surface area contributed by atoms with E-state index in [-0.39, 0.29) is 24.0 Å². The first-order valence-electron chi connectivity index (χ1n) is 2.23. The van der Waals surface area contributed by atoms with Crippen LogP contribution in [0.1, 0.15) is 0 Å². The summed E-state index contributed by atoms with van der Waals surface area (Å²) in [7, 11) is 1.95. The summed E-state index contributed by atoms with van der Waals surface area (Å²) in [6.07, 6.45) is 0. The molecule has 4 heteroatoms. The molecule has 0 radical (unpaired) electrons. The minimum Gasteiger partial charge on any atom is -1.00 e. The number of nitrogens with one attached hydrogen (secondary N) is 1. The third-order valence-corrected chi connectivity index (χ3v) is 1.98. The molecule has 0 unspecified atom stereocenters. The van der Waals surface area contributed by atoms with Gasteiger partial charge in [0.15, 0.2) is 5.17 Å². The molecule has 1 N–H and O–H groups in total. The van der Waals surface area contributed by atoms with E-state index >= 15 is 0 Å². The highest BCUT2D eigenvalue weighted by Gasteiger charge is 2.11. The van der Waals surface area contributed by atoms with Gasteiger partial charge in [-0.15, -0.1) is 0 Å². The smallest absolute Gasteiger partial charge is 0.156 e. The van der Waals surface area contributed by atoms with Crippen molar-refractivity contribution < 1.29 is 24.0 Å². The molecule has 0 bridgehead atoms. The van der Waals surface area contributed by atoms with Crippen molar-refractivity contribution in [3.63, 3.8) is 0 Å². The Morgan fingerprint density at radius 2 is 2.38 bits per heavy atom. The Hall–Kier alpha value is 0.550. The van der Waals surface area contributed by atoms with Crippen molar-refractivity contribution in [1.82, 2.24) is 4.90 Å². The van der Waals surface area contributed by atoms with Crippen molar-refractivity contribution in [2.24, 2.45) is 0 Å². The Labute approximate surface area is 70.5 Å². The van der Waals surface area contributed by atoms with Gasteiger partial charge in [-0.05, 0) is 0 Å². The van der Waals surface area contributed by atoms with E-state index in [0.717, 1.165) is 12.3 Å². The maximum absolute atomic E-state index is 7.14. The number of hydrogen-bond acceptors (Lipinski definition) is 2. The van der Waals surface area contributed by atoms with Gasteiger partial charge >= 0.3 is 0 Å². The highest BCUT2D eigenvalue weighted by Crippen LogP contribution is 2.12. The number of thioether (sulfide) groups is 1. The van der Waals surface area contributed by atoms with Crippen LogP contribution in [0.25, 0.3) is 0 Å². The zero-order valence-corrected chi connectivity index (χ0v) is 7.62. The molecule has 48 valence electrons. The molecule has 0 aromatic carbocycles. The van der Waals surface area contributed by atoms with E-state index in [1.54, 1.807) is 11.8 Å². The summed E-state index contributed by atoms with van der Waals surface area (Å²) in [4.78, 5) is 1.95. The summed E-state index contributed by atoms with van der Waals surface area (Å²) in [6, 6.07) is 0. The molecule has 2 nitrogen and oxygen atoms in total. The largest absolute Gasteiger partial charge is 1.00 e. The fourth-order valence-electron chi connectivity index (χ4n) is 0.491. The summed E-state index contributed by atoms with van der Waals surface area (Å²) < 4.78 is 0. The van der Waals surface area contributed by atoms with Crippen LogP contribution in [0.3, 0.4) is 0 Å². The molecule has 0 saturated carbocycles. The SMILES string of the molecule is CN1CCSC1=N.[I-]. The van der Waals surface area contributed by atoms with Crippen molar-refractivity contribution in [3.05, 3.63) is 0 Å². The van der Waals surface area contributed by atoms with Gasteiger partial charge in [0.2, 0.25) is 0 Å². The van der Waals surface area contributed by atoms with E-state index in [1.165, 1.54) is 0 Å². The zero-order valence-electron chi connectivity index (χ0n) is 4.65. The quantitative estimate of drug-likeness (QED) is 0.480. The van der Waals surface area contributed by atoms with E-state index in [0.29, 0.717) is 5.17 Å². The number of amidine groups is 1. The molecule has 1 saturated heterocycles. The van der Waals surface area contributed by atoms with Crippen LogP contribution in [0.5, 0.6) is 0 Å². The van der Waals surface area contributed by atoms with Crippen LogP contribution in [0, 0.1) is 5.41 Å². The fraction of sp³-hybridized carbons (Fsp3) is 0.750. The van der Waals surface area contributed by atoms with Gasteiger partial charge in [-0.3, -0.25) is 5.41 Å². The highest BCUT2D eigenvalue weighted by atomic mass is 127.